The highest BCUT2D eigenvalue weighted by atomic mass is 35.5. The van der Waals surface area contributed by atoms with E-state index in [4.69, 9.17) is 11.6 Å². The molecule has 1 fully saturated rings. The Morgan fingerprint density at radius 2 is 1.95 bits per heavy atom. The zero-order chi connectivity index (χ0) is 14.1. The first kappa shape index (κ1) is 16.8. The third-order valence-electron chi connectivity index (χ3n) is 4.26. The summed E-state index contributed by atoms with van der Waals surface area (Å²) in [5, 5.41) is 3.28. The van der Waals surface area contributed by atoms with Crippen LogP contribution in [0.25, 0.3) is 0 Å². The van der Waals surface area contributed by atoms with Gasteiger partial charge in [-0.05, 0) is 51.4 Å². The molecule has 1 aliphatic rings. The Labute approximate surface area is 123 Å². The molecule has 19 heavy (non-hydrogen) atoms. The second-order valence-corrected chi connectivity index (χ2v) is 6.82. The lowest BCUT2D eigenvalue weighted by molar-refractivity contribution is -0.126. The molecular formula is C16H30ClNO. The molecule has 1 unspecified atom stereocenters. The van der Waals surface area contributed by atoms with Crippen LogP contribution in [0.3, 0.4) is 0 Å². The van der Waals surface area contributed by atoms with Gasteiger partial charge in [0.2, 0.25) is 5.91 Å². The summed E-state index contributed by atoms with van der Waals surface area (Å²) < 4.78 is 0. The molecule has 1 amide bonds. The lowest BCUT2D eigenvalue weighted by Crippen LogP contribution is -2.33. The van der Waals surface area contributed by atoms with E-state index in [1.165, 1.54) is 32.1 Å². The van der Waals surface area contributed by atoms with Crippen LogP contribution < -0.4 is 5.32 Å². The molecule has 0 spiro atoms. The Balaban J connectivity index is 2.11. The van der Waals surface area contributed by atoms with E-state index in [9.17, 15) is 4.79 Å². The van der Waals surface area contributed by atoms with Gasteiger partial charge >= 0.3 is 0 Å². The third kappa shape index (κ3) is 7.20. The molecule has 1 aliphatic carbocycles. The topological polar surface area (TPSA) is 29.1 Å². The smallest absolute Gasteiger partial charge is 0.223 e. The number of hydrogen-bond donors (Lipinski definition) is 1. The maximum atomic E-state index is 12.0. The summed E-state index contributed by atoms with van der Waals surface area (Å²) >= 11 is 5.89. The van der Waals surface area contributed by atoms with Crippen molar-refractivity contribution >= 4 is 17.5 Å². The molecule has 0 saturated heterocycles. The molecule has 0 heterocycles. The Kier molecular flexibility index (Phi) is 8.52. The van der Waals surface area contributed by atoms with E-state index in [-0.39, 0.29) is 17.2 Å². The van der Waals surface area contributed by atoms with Crippen molar-refractivity contribution in [3.8, 4) is 0 Å². The number of carbonyl (C=O) groups excluding carboxylic acids is 1. The molecule has 2 nitrogen and oxygen atoms in total. The number of nitrogens with one attached hydrogen (secondary N) is 1. The molecule has 1 saturated carbocycles. The first-order valence-corrected chi connectivity index (χ1v) is 8.48. The molecule has 0 aromatic rings. The van der Waals surface area contributed by atoms with E-state index in [1.54, 1.807) is 0 Å². The third-order valence-corrected chi connectivity index (χ3v) is 4.48. The van der Waals surface area contributed by atoms with Crippen LogP contribution in [0, 0.1) is 11.8 Å². The summed E-state index contributed by atoms with van der Waals surface area (Å²) in [6.07, 6.45) is 10.6. The Bertz CT molecular complexity index is 247. The number of carbonyl (C=O) groups is 1. The first-order valence-electron chi connectivity index (χ1n) is 8.05. The summed E-state index contributed by atoms with van der Waals surface area (Å²) in [4.78, 5) is 12.0. The summed E-state index contributed by atoms with van der Waals surface area (Å²) in [7, 11) is 0. The molecule has 0 aromatic carbocycles. The molecule has 1 atom stereocenters. The van der Waals surface area contributed by atoms with Crippen LogP contribution in [0.4, 0.5) is 0 Å². The van der Waals surface area contributed by atoms with Crippen molar-refractivity contribution in [1.82, 2.24) is 5.32 Å². The van der Waals surface area contributed by atoms with Crippen LogP contribution in [0.2, 0.25) is 0 Å². The van der Waals surface area contributed by atoms with Gasteiger partial charge in [-0.25, -0.2) is 0 Å². The summed E-state index contributed by atoms with van der Waals surface area (Å²) in [5.41, 5.74) is 0. The fourth-order valence-corrected chi connectivity index (χ4v) is 3.10. The van der Waals surface area contributed by atoms with Crippen molar-refractivity contribution in [2.24, 2.45) is 11.8 Å². The van der Waals surface area contributed by atoms with E-state index in [0.717, 1.165) is 38.1 Å². The molecule has 1 N–H and O–H groups in total. The Hall–Kier alpha value is -0.240. The summed E-state index contributed by atoms with van der Waals surface area (Å²) in [6, 6.07) is 0. The largest absolute Gasteiger partial charge is 0.356 e. The first-order chi connectivity index (χ1) is 9.13. The maximum Gasteiger partial charge on any atom is 0.223 e. The lowest BCUT2D eigenvalue weighted by Gasteiger charge is -2.27. The van der Waals surface area contributed by atoms with E-state index < -0.39 is 0 Å². The van der Waals surface area contributed by atoms with Gasteiger partial charge in [0, 0.05) is 17.8 Å². The minimum atomic E-state index is 0.214. The quantitative estimate of drug-likeness (QED) is 0.517. The van der Waals surface area contributed by atoms with Crippen molar-refractivity contribution in [1.29, 1.82) is 0 Å². The molecular weight excluding hydrogens is 258 g/mol. The van der Waals surface area contributed by atoms with Gasteiger partial charge in [0.25, 0.3) is 0 Å². The molecule has 112 valence electrons. The van der Waals surface area contributed by atoms with Gasteiger partial charge in [-0.3, -0.25) is 4.79 Å². The van der Waals surface area contributed by atoms with Crippen molar-refractivity contribution in [2.45, 2.75) is 77.0 Å². The second kappa shape index (κ2) is 9.63. The highest BCUT2D eigenvalue weighted by Gasteiger charge is 2.25. The zero-order valence-corrected chi connectivity index (χ0v) is 13.3. The number of halogens is 1. The fraction of sp³-hybridized carbons (Fsp3) is 0.938. The highest BCUT2D eigenvalue weighted by molar-refractivity contribution is 6.20. The number of alkyl halides is 1. The van der Waals surface area contributed by atoms with Crippen LogP contribution in [-0.4, -0.2) is 17.8 Å². The minimum Gasteiger partial charge on any atom is -0.356 e. The molecule has 0 aliphatic heterocycles. The SMILES string of the molecule is CCCCC1CCC(C(=O)NCCCC(C)Cl)CC1. The molecule has 3 heteroatoms. The fourth-order valence-electron chi connectivity index (χ4n) is 2.95. The lowest BCUT2D eigenvalue weighted by atomic mass is 9.79. The van der Waals surface area contributed by atoms with Crippen molar-refractivity contribution in [3.05, 3.63) is 0 Å². The molecule has 0 aromatic heterocycles. The van der Waals surface area contributed by atoms with Crippen LogP contribution in [0.1, 0.15) is 71.6 Å². The van der Waals surface area contributed by atoms with Gasteiger partial charge < -0.3 is 5.32 Å². The predicted molar refractivity (Wildman–Crippen MR) is 82.5 cm³/mol. The van der Waals surface area contributed by atoms with Gasteiger partial charge in [-0.2, -0.15) is 0 Å². The van der Waals surface area contributed by atoms with Crippen molar-refractivity contribution < 1.29 is 4.79 Å². The van der Waals surface area contributed by atoms with Gasteiger partial charge in [0.1, 0.15) is 0 Å². The molecule has 0 radical (unpaired) electrons. The highest BCUT2D eigenvalue weighted by Crippen LogP contribution is 2.31. The van der Waals surface area contributed by atoms with Crippen LogP contribution in [0.15, 0.2) is 0 Å². The second-order valence-electron chi connectivity index (χ2n) is 6.07. The van der Waals surface area contributed by atoms with E-state index in [0.29, 0.717) is 0 Å². The monoisotopic (exact) mass is 287 g/mol. The molecule has 0 bridgehead atoms. The van der Waals surface area contributed by atoms with Crippen LogP contribution in [0.5, 0.6) is 0 Å². The standard InChI is InChI=1S/C16H30ClNO/c1-3-4-7-14-8-10-15(11-9-14)16(19)18-12-5-6-13(2)17/h13-15H,3-12H2,1-2H3,(H,18,19). The van der Waals surface area contributed by atoms with E-state index in [1.807, 2.05) is 6.92 Å². The minimum absolute atomic E-state index is 0.214. The summed E-state index contributed by atoms with van der Waals surface area (Å²) in [6.45, 7) is 5.04. The summed E-state index contributed by atoms with van der Waals surface area (Å²) in [5.74, 6) is 1.42. The number of rotatable bonds is 8. The van der Waals surface area contributed by atoms with Gasteiger partial charge in [0.15, 0.2) is 0 Å². The predicted octanol–water partition coefficient (Wildman–Crippen LogP) is 4.51. The van der Waals surface area contributed by atoms with Crippen LogP contribution >= 0.6 is 11.6 Å². The average molecular weight is 288 g/mol. The number of hydrogen-bond acceptors (Lipinski definition) is 1. The number of unbranched alkanes of at least 4 members (excludes halogenated alkanes) is 1. The van der Waals surface area contributed by atoms with Gasteiger partial charge in [-0.15, -0.1) is 11.6 Å². The van der Waals surface area contributed by atoms with Crippen LogP contribution in [-0.2, 0) is 4.79 Å². The Morgan fingerprint density at radius 3 is 2.53 bits per heavy atom. The van der Waals surface area contributed by atoms with Gasteiger partial charge in [0.05, 0.1) is 0 Å². The van der Waals surface area contributed by atoms with Crippen molar-refractivity contribution in [3.63, 3.8) is 0 Å². The van der Waals surface area contributed by atoms with Gasteiger partial charge in [-0.1, -0.05) is 26.2 Å². The average Bonchev–Trinajstić information content (AvgIpc) is 2.41. The maximum absolute atomic E-state index is 12.0. The Morgan fingerprint density at radius 1 is 1.26 bits per heavy atom. The number of amides is 1. The van der Waals surface area contributed by atoms with E-state index in [2.05, 4.69) is 12.2 Å². The zero-order valence-electron chi connectivity index (χ0n) is 12.6. The van der Waals surface area contributed by atoms with E-state index >= 15 is 0 Å². The molecule has 1 rings (SSSR count). The normalized spacial score (nSPS) is 25.0. The van der Waals surface area contributed by atoms with Crippen molar-refractivity contribution in [2.75, 3.05) is 6.54 Å².